The van der Waals surface area contributed by atoms with Gasteiger partial charge in [-0.15, -0.1) is 24.8 Å². The highest BCUT2D eigenvalue weighted by atomic mass is 35.5. The number of benzene rings is 2. The average molecular weight is 461 g/mol. The summed E-state index contributed by atoms with van der Waals surface area (Å²) in [6.07, 6.45) is 5.44. The number of hydrogen-bond acceptors (Lipinski definition) is 5. The van der Waals surface area contributed by atoms with Crippen molar-refractivity contribution in [1.29, 1.82) is 0 Å². The molecule has 1 aliphatic heterocycles. The molecule has 154 valence electrons. The first-order valence-electron chi connectivity index (χ1n) is 8.80. The molecule has 7 nitrogen and oxygen atoms in total. The third-order valence-electron chi connectivity index (χ3n) is 4.66. The molecule has 0 radical (unpaired) electrons. The minimum absolute atomic E-state index is 0. The summed E-state index contributed by atoms with van der Waals surface area (Å²) in [6.45, 7) is 1.98. The van der Waals surface area contributed by atoms with E-state index in [1.165, 1.54) is 11.8 Å². The lowest BCUT2D eigenvalue weighted by Gasteiger charge is -2.18. The Morgan fingerprint density at radius 1 is 1.07 bits per heavy atom. The number of carbonyl (C=O) groups is 1. The number of amides is 1. The summed E-state index contributed by atoms with van der Waals surface area (Å²) in [7, 11) is 0. The van der Waals surface area contributed by atoms with Gasteiger partial charge in [-0.25, -0.2) is 15.4 Å². The molecule has 5 rings (SSSR count). The van der Waals surface area contributed by atoms with Gasteiger partial charge in [-0.1, -0.05) is 17.8 Å². The molecule has 0 spiro atoms. The third kappa shape index (κ3) is 4.07. The minimum atomic E-state index is -0.126. The van der Waals surface area contributed by atoms with Crippen LogP contribution in [0, 0.1) is 0 Å². The number of fused-ring (bicyclic) bond motifs is 1. The SMILES string of the molecule is CC1SC(=O)NN=C1c1ccc2[nH]c(-c3ccc(-n4ccnc4)cc3)nc2c1.Cl.Cl. The molecule has 0 aliphatic carbocycles. The van der Waals surface area contributed by atoms with E-state index in [1.807, 2.05) is 60.2 Å². The first kappa shape index (κ1) is 21.9. The maximum absolute atomic E-state index is 11.4. The second-order valence-electron chi connectivity index (χ2n) is 6.49. The number of aromatic nitrogens is 4. The predicted octanol–water partition coefficient (Wildman–Crippen LogP) is 4.81. The van der Waals surface area contributed by atoms with Gasteiger partial charge in [0.15, 0.2) is 0 Å². The highest BCUT2D eigenvalue weighted by molar-refractivity contribution is 8.14. The van der Waals surface area contributed by atoms with Gasteiger partial charge in [0, 0.05) is 29.2 Å². The van der Waals surface area contributed by atoms with Crippen molar-refractivity contribution in [1.82, 2.24) is 24.9 Å². The smallest absolute Gasteiger partial charge is 0.299 e. The van der Waals surface area contributed by atoms with Crippen LogP contribution in [0.15, 0.2) is 66.3 Å². The number of H-pyrrole nitrogens is 1. The summed E-state index contributed by atoms with van der Waals surface area (Å²) in [4.78, 5) is 23.6. The number of nitrogens with one attached hydrogen (secondary N) is 2. The van der Waals surface area contributed by atoms with Gasteiger partial charge in [-0.05, 0) is 43.3 Å². The number of thioether (sulfide) groups is 1. The average Bonchev–Trinajstić information content (AvgIpc) is 3.37. The number of hydrazone groups is 1. The van der Waals surface area contributed by atoms with Crippen LogP contribution in [0.2, 0.25) is 0 Å². The van der Waals surface area contributed by atoms with Crippen molar-refractivity contribution in [3.05, 3.63) is 66.7 Å². The fourth-order valence-electron chi connectivity index (χ4n) is 3.24. The van der Waals surface area contributed by atoms with Gasteiger partial charge < -0.3 is 9.55 Å². The summed E-state index contributed by atoms with van der Waals surface area (Å²) in [5.74, 6) is 0.811. The fourth-order valence-corrected chi connectivity index (χ4v) is 3.96. The van der Waals surface area contributed by atoms with Crippen molar-refractivity contribution in [3.63, 3.8) is 0 Å². The maximum atomic E-state index is 11.4. The Kier molecular flexibility index (Phi) is 6.50. The second-order valence-corrected chi connectivity index (χ2v) is 7.80. The topological polar surface area (TPSA) is 88.0 Å². The zero-order valence-electron chi connectivity index (χ0n) is 15.8. The van der Waals surface area contributed by atoms with Gasteiger partial charge in [0.05, 0.1) is 28.3 Å². The van der Waals surface area contributed by atoms with Crippen LogP contribution < -0.4 is 5.43 Å². The zero-order valence-corrected chi connectivity index (χ0v) is 18.2. The molecular weight excluding hydrogens is 443 g/mol. The van der Waals surface area contributed by atoms with Crippen LogP contribution >= 0.6 is 36.6 Å². The molecule has 2 aromatic carbocycles. The molecule has 0 fully saturated rings. The Labute approximate surface area is 189 Å². The second kappa shape index (κ2) is 8.91. The van der Waals surface area contributed by atoms with Gasteiger partial charge in [0.1, 0.15) is 5.82 Å². The Bertz CT molecular complexity index is 1200. The maximum Gasteiger partial charge on any atom is 0.299 e. The van der Waals surface area contributed by atoms with Crippen molar-refractivity contribution in [2.75, 3.05) is 0 Å². The summed E-state index contributed by atoms with van der Waals surface area (Å²) in [6, 6.07) is 14.1. The lowest BCUT2D eigenvalue weighted by Crippen LogP contribution is -2.29. The first-order chi connectivity index (χ1) is 13.7. The quantitative estimate of drug-likeness (QED) is 0.459. The molecule has 1 unspecified atom stereocenters. The predicted molar refractivity (Wildman–Crippen MR) is 125 cm³/mol. The van der Waals surface area contributed by atoms with Crippen molar-refractivity contribution < 1.29 is 4.79 Å². The number of rotatable bonds is 3. The van der Waals surface area contributed by atoms with Gasteiger partial charge in [-0.2, -0.15) is 5.10 Å². The highest BCUT2D eigenvalue weighted by Gasteiger charge is 2.22. The van der Waals surface area contributed by atoms with E-state index in [1.54, 1.807) is 12.5 Å². The van der Waals surface area contributed by atoms with Crippen molar-refractivity contribution in [3.8, 4) is 17.1 Å². The summed E-state index contributed by atoms with van der Waals surface area (Å²) >= 11 is 1.24. The summed E-state index contributed by atoms with van der Waals surface area (Å²) in [5, 5.41) is 4.09. The minimum Gasteiger partial charge on any atom is -0.338 e. The van der Waals surface area contributed by atoms with Crippen LogP contribution in [0.1, 0.15) is 12.5 Å². The number of nitrogens with zero attached hydrogens (tertiary/aromatic N) is 4. The van der Waals surface area contributed by atoms with Gasteiger partial charge in [0.25, 0.3) is 5.24 Å². The molecule has 10 heteroatoms. The Morgan fingerprint density at radius 3 is 2.53 bits per heavy atom. The van der Waals surface area contributed by atoms with Gasteiger partial charge >= 0.3 is 0 Å². The van der Waals surface area contributed by atoms with Crippen LogP contribution in [0.4, 0.5) is 4.79 Å². The molecule has 1 atom stereocenters. The summed E-state index contributed by atoms with van der Waals surface area (Å²) in [5.41, 5.74) is 8.21. The van der Waals surface area contributed by atoms with Gasteiger partial charge in [0.2, 0.25) is 0 Å². The van der Waals surface area contributed by atoms with Crippen LogP contribution in [0.5, 0.6) is 0 Å². The number of aromatic amines is 1. The van der Waals surface area contributed by atoms with E-state index in [2.05, 4.69) is 20.5 Å². The van der Waals surface area contributed by atoms with Crippen LogP contribution in [-0.2, 0) is 0 Å². The molecule has 0 saturated heterocycles. The molecule has 2 N–H and O–H groups in total. The van der Waals surface area contributed by atoms with Crippen LogP contribution in [-0.4, -0.2) is 35.7 Å². The normalized spacial score (nSPS) is 15.7. The Hall–Kier alpha value is -2.81. The number of imidazole rings is 2. The Morgan fingerprint density at radius 2 is 1.83 bits per heavy atom. The van der Waals surface area contributed by atoms with E-state index >= 15 is 0 Å². The molecule has 0 saturated carbocycles. The molecule has 1 amide bonds. The lowest BCUT2D eigenvalue weighted by atomic mass is 10.1. The van der Waals surface area contributed by atoms with E-state index in [9.17, 15) is 4.79 Å². The van der Waals surface area contributed by atoms with Crippen molar-refractivity contribution in [2.24, 2.45) is 5.10 Å². The monoisotopic (exact) mass is 460 g/mol. The van der Waals surface area contributed by atoms with E-state index in [0.29, 0.717) is 0 Å². The van der Waals surface area contributed by atoms with E-state index in [-0.39, 0.29) is 35.3 Å². The molecule has 30 heavy (non-hydrogen) atoms. The number of hydrogen-bond donors (Lipinski definition) is 2. The molecule has 2 aromatic heterocycles. The number of halogens is 2. The van der Waals surface area contributed by atoms with Crippen molar-refractivity contribution in [2.45, 2.75) is 12.2 Å². The fraction of sp³-hybridized carbons (Fsp3) is 0.100. The van der Waals surface area contributed by atoms with Crippen LogP contribution in [0.25, 0.3) is 28.1 Å². The van der Waals surface area contributed by atoms with Crippen molar-refractivity contribution >= 4 is 58.6 Å². The zero-order chi connectivity index (χ0) is 19.1. The highest BCUT2D eigenvalue weighted by Crippen LogP contribution is 2.26. The molecule has 1 aliphatic rings. The van der Waals surface area contributed by atoms with Crippen LogP contribution in [0.3, 0.4) is 0 Å². The standard InChI is InChI=1S/C20H16N6OS.2ClH/c1-12-18(24-25-20(27)28-12)14-4-7-16-17(10-14)23-19(22-16)13-2-5-15(6-3-13)26-9-8-21-11-26;;/h2-12H,1H3,(H,22,23)(H,25,27);2*1H. The molecule has 3 heterocycles. The van der Waals surface area contributed by atoms with E-state index in [0.717, 1.165) is 39.4 Å². The Balaban J connectivity index is 0.00000128. The lowest BCUT2D eigenvalue weighted by molar-refractivity contribution is 0.261. The third-order valence-corrected chi connectivity index (χ3v) is 5.54. The molecule has 0 bridgehead atoms. The molecular formula is C20H18Cl2N6OS. The van der Waals surface area contributed by atoms with E-state index in [4.69, 9.17) is 4.98 Å². The largest absolute Gasteiger partial charge is 0.338 e. The van der Waals surface area contributed by atoms with E-state index < -0.39 is 0 Å². The number of carbonyl (C=O) groups excluding carboxylic acids is 1. The first-order valence-corrected chi connectivity index (χ1v) is 9.68. The van der Waals surface area contributed by atoms with Gasteiger partial charge in [-0.3, -0.25) is 4.79 Å². The molecule has 4 aromatic rings. The summed E-state index contributed by atoms with van der Waals surface area (Å²) < 4.78 is 1.96.